The Labute approximate surface area is 168 Å². The van der Waals surface area contributed by atoms with Crippen LogP contribution in [0.4, 0.5) is 0 Å². The van der Waals surface area contributed by atoms with E-state index < -0.39 is 60.4 Å². The minimum Gasteiger partial charge on any atom is -0.463 e. The average Bonchev–Trinajstić information content (AvgIpc) is 2.66. The quantitative estimate of drug-likeness (QED) is 0.337. The van der Waals surface area contributed by atoms with E-state index in [1.807, 2.05) is 0 Å². The van der Waals surface area contributed by atoms with E-state index in [4.69, 9.17) is 28.4 Å². The van der Waals surface area contributed by atoms with Crippen LogP contribution in [0.1, 0.15) is 41.5 Å². The molecule has 11 heteroatoms. The zero-order valence-electron chi connectivity index (χ0n) is 17.6. The van der Waals surface area contributed by atoms with Gasteiger partial charge >= 0.3 is 29.8 Å². The van der Waals surface area contributed by atoms with Crippen LogP contribution < -0.4 is 0 Å². The monoisotopic (exact) mass is 420 g/mol. The topological polar surface area (TPSA) is 141 Å². The van der Waals surface area contributed by atoms with E-state index in [2.05, 4.69) is 0 Å². The van der Waals surface area contributed by atoms with Crippen LogP contribution in [0.15, 0.2) is 0 Å². The number of esters is 5. The molecule has 0 spiro atoms. The molecular weight excluding hydrogens is 392 g/mol. The Bertz CT molecular complexity index is 601. The van der Waals surface area contributed by atoms with Gasteiger partial charge in [0, 0.05) is 7.11 Å². The lowest BCUT2D eigenvalue weighted by atomic mass is 10.3. The lowest BCUT2D eigenvalue weighted by Crippen LogP contribution is -2.38. The number of carbonyl (C=O) groups is 5. The van der Waals surface area contributed by atoms with Crippen molar-refractivity contribution in [1.82, 2.24) is 0 Å². The maximum atomic E-state index is 12.0. The first-order valence-electron chi connectivity index (χ1n) is 8.95. The van der Waals surface area contributed by atoms with Crippen molar-refractivity contribution in [2.75, 3.05) is 13.7 Å². The number of ether oxygens (including phenoxy) is 6. The molecule has 0 amide bonds. The molecule has 0 unspecified atom stereocenters. The van der Waals surface area contributed by atoms with Crippen LogP contribution in [-0.4, -0.2) is 74.1 Å². The van der Waals surface area contributed by atoms with E-state index in [1.165, 1.54) is 41.7 Å². The fraction of sp³-hybridized carbons (Fsp3) is 0.722. The Hall–Kier alpha value is -2.69. The molecule has 0 aromatic rings. The third-order valence-corrected chi connectivity index (χ3v) is 3.47. The lowest BCUT2D eigenvalue weighted by molar-refractivity contribution is -0.186. The van der Waals surface area contributed by atoms with Gasteiger partial charge in [0.1, 0.15) is 0 Å². The third-order valence-electron chi connectivity index (χ3n) is 3.47. The van der Waals surface area contributed by atoms with Crippen molar-refractivity contribution >= 4 is 29.8 Å². The zero-order chi connectivity index (χ0) is 22.7. The van der Waals surface area contributed by atoms with Gasteiger partial charge in [-0.1, -0.05) is 0 Å². The van der Waals surface area contributed by atoms with E-state index in [1.54, 1.807) is 6.92 Å². The number of methoxy groups -OCH3 is 1. The minimum atomic E-state index is -1.39. The molecule has 0 aromatic heterocycles. The Morgan fingerprint density at radius 3 is 1.10 bits per heavy atom. The van der Waals surface area contributed by atoms with E-state index in [0.29, 0.717) is 0 Å². The highest BCUT2D eigenvalue weighted by Gasteiger charge is 2.30. The molecule has 0 aliphatic heterocycles. The average molecular weight is 420 g/mol. The Balaban J connectivity index is 4.57. The van der Waals surface area contributed by atoms with Gasteiger partial charge in [0.05, 0.1) is 6.61 Å². The largest absolute Gasteiger partial charge is 0.463 e. The number of hydrogen-bond donors (Lipinski definition) is 0. The van der Waals surface area contributed by atoms with Crippen LogP contribution >= 0.6 is 0 Å². The van der Waals surface area contributed by atoms with Gasteiger partial charge in [0.25, 0.3) is 0 Å². The summed E-state index contributed by atoms with van der Waals surface area (Å²) in [5, 5.41) is 0. The number of hydrogen-bond acceptors (Lipinski definition) is 11. The number of carbonyl (C=O) groups excluding carboxylic acids is 5. The highest BCUT2D eigenvalue weighted by atomic mass is 16.6. The fourth-order valence-electron chi connectivity index (χ4n) is 1.63. The third kappa shape index (κ3) is 9.37. The van der Waals surface area contributed by atoms with Gasteiger partial charge in [-0.15, -0.1) is 0 Å². The van der Waals surface area contributed by atoms with Crippen LogP contribution in [0.5, 0.6) is 0 Å². The SMILES string of the molecule is CCOC(=O)[C@@H](C)OC(=O)[C@@H](C)OC(=O)[C@@H](C)OC(=O)[C@@H](C)OC(=O)[C@@H](C)OC. The van der Waals surface area contributed by atoms with Crippen molar-refractivity contribution in [3.63, 3.8) is 0 Å². The Morgan fingerprint density at radius 2 is 0.828 bits per heavy atom. The molecule has 166 valence electrons. The van der Waals surface area contributed by atoms with Crippen molar-refractivity contribution in [3.8, 4) is 0 Å². The van der Waals surface area contributed by atoms with Gasteiger partial charge in [-0.2, -0.15) is 0 Å². The van der Waals surface area contributed by atoms with E-state index in [0.717, 1.165) is 0 Å². The van der Waals surface area contributed by atoms with Gasteiger partial charge in [0.15, 0.2) is 30.5 Å². The zero-order valence-corrected chi connectivity index (χ0v) is 17.6. The molecule has 0 aliphatic carbocycles. The van der Waals surface area contributed by atoms with Crippen molar-refractivity contribution in [2.24, 2.45) is 0 Å². The van der Waals surface area contributed by atoms with Gasteiger partial charge in [0.2, 0.25) is 0 Å². The second kappa shape index (κ2) is 12.7. The summed E-state index contributed by atoms with van der Waals surface area (Å²) in [6.45, 7) is 8.16. The molecule has 0 saturated heterocycles. The molecule has 0 rings (SSSR count). The second-order valence-electron chi connectivity index (χ2n) is 5.95. The Kier molecular flexibility index (Phi) is 11.5. The summed E-state index contributed by atoms with van der Waals surface area (Å²) in [5.74, 6) is -4.52. The van der Waals surface area contributed by atoms with Crippen LogP contribution in [-0.2, 0) is 52.4 Å². The molecular formula is C18H28O11. The summed E-state index contributed by atoms with van der Waals surface area (Å²) in [4.78, 5) is 58.8. The normalized spacial score (nSPS) is 15.7. The minimum absolute atomic E-state index is 0.117. The van der Waals surface area contributed by atoms with Crippen LogP contribution in [0, 0.1) is 0 Å². The van der Waals surface area contributed by atoms with Crippen LogP contribution in [0.2, 0.25) is 0 Å². The molecule has 0 radical (unpaired) electrons. The van der Waals surface area contributed by atoms with Crippen LogP contribution in [0.25, 0.3) is 0 Å². The second-order valence-corrected chi connectivity index (χ2v) is 5.95. The lowest BCUT2D eigenvalue weighted by Gasteiger charge is -2.20. The van der Waals surface area contributed by atoms with Gasteiger partial charge in [-0.25, -0.2) is 24.0 Å². The summed E-state index contributed by atoms with van der Waals surface area (Å²) in [6.07, 6.45) is -6.09. The fourth-order valence-corrected chi connectivity index (χ4v) is 1.63. The molecule has 29 heavy (non-hydrogen) atoms. The maximum Gasteiger partial charge on any atom is 0.347 e. The molecule has 0 heterocycles. The van der Waals surface area contributed by atoms with E-state index >= 15 is 0 Å². The molecule has 5 atom stereocenters. The first-order valence-corrected chi connectivity index (χ1v) is 8.95. The van der Waals surface area contributed by atoms with Crippen molar-refractivity contribution in [3.05, 3.63) is 0 Å². The summed E-state index contributed by atoms with van der Waals surface area (Å²) in [7, 11) is 1.30. The predicted molar refractivity (Wildman–Crippen MR) is 95.3 cm³/mol. The van der Waals surface area contributed by atoms with Crippen molar-refractivity contribution in [2.45, 2.75) is 72.1 Å². The Morgan fingerprint density at radius 1 is 0.552 bits per heavy atom. The number of rotatable bonds is 11. The maximum absolute atomic E-state index is 12.0. The first kappa shape index (κ1) is 26.3. The first-order chi connectivity index (χ1) is 13.4. The van der Waals surface area contributed by atoms with Gasteiger partial charge in [-0.05, 0) is 41.5 Å². The summed E-state index contributed by atoms with van der Waals surface area (Å²) < 4.78 is 28.9. The molecule has 0 aromatic carbocycles. The predicted octanol–water partition coefficient (Wildman–Crippen LogP) is 0.311. The molecule has 0 bridgehead atoms. The summed E-state index contributed by atoms with van der Waals surface area (Å²) in [5.41, 5.74) is 0. The molecule has 11 nitrogen and oxygen atoms in total. The van der Waals surface area contributed by atoms with E-state index in [9.17, 15) is 24.0 Å². The van der Waals surface area contributed by atoms with Crippen LogP contribution in [0.3, 0.4) is 0 Å². The highest BCUT2D eigenvalue weighted by molar-refractivity contribution is 5.86. The van der Waals surface area contributed by atoms with Gasteiger partial charge < -0.3 is 28.4 Å². The van der Waals surface area contributed by atoms with Crippen molar-refractivity contribution in [1.29, 1.82) is 0 Å². The molecule has 0 N–H and O–H groups in total. The summed E-state index contributed by atoms with van der Waals surface area (Å²) in [6, 6.07) is 0. The smallest absolute Gasteiger partial charge is 0.347 e. The molecule has 0 saturated carbocycles. The standard InChI is InChI=1S/C18H28O11/c1-8-25-14(19)10(3)26-16(21)12(5)28-18(23)13(6)29-17(22)11(4)27-15(20)9(2)24-7/h9-13H,8H2,1-7H3/t9-,10-,11-,12-,13-/m1/s1. The van der Waals surface area contributed by atoms with Crippen molar-refractivity contribution < 1.29 is 52.4 Å². The summed E-state index contributed by atoms with van der Waals surface area (Å²) >= 11 is 0. The highest BCUT2D eigenvalue weighted by Crippen LogP contribution is 2.07. The van der Waals surface area contributed by atoms with E-state index in [-0.39, 0.29) is 6.61 Å². The molecule has 0 fully saturated rings. The van der Waals surface area contributed by atoms with Gasteiger partial charge in [-0.3, -0.25) is 0 Å². The molecule has 0 aliphatic rings.